The van der Waals surface area contributed by atoms with Crippen molar-refractivity contribution in [3.05, 3.63) is 60.2 Å². The molecule has 2 aliphatic rings. The summed E-state index contributed by atoms with van der Waals surface area (Å²) < 4.78 is 4.71. The molecule has 2 atom stereocenters. The van der Waals surface area contributed by atoms with Gasteiger partial charge in [-0.05, 0) is 24.3 Å². The molecule has 2 aromatic carbocycles. The van der Waals surface area contributed by atoms with E-state index in [1.807, 2.05) is 0 Å². The van der Waals surface area contributed by atoms with Gasteiger partial charge in [0.05, 0.1) is 24.0 Å². The molecule has 2 aliphatic heterocycles. The summed E-state index contributed by atoms with van der Waals surface area (Å²) in [6, 6.07) is 12.9. The minimum atomic E-state index is -0.993. The van der Waals surface area contributed by atoms with Crippen LogP contribution < -0.4 is 10.2 Å². The summed E-state index contributed by atoms with van der Waals surface area (Å²) in [7, 11) is 1.24. The molecule has 1 N–H and O–H groups in total. The molecule has 152 valence electrons. The van der Waals surface area contributed by atoms with Crippen LogP contribution in [0.1, 0.15) is 10.4 Å². The standard InChI is InChI=1S/C20H17N5O5/c1-30-20(29)13-9-5-6-10-14(13)21-15(26)11-24-17-16(22-23-24)18(27)25(19(17)28)12-7-3-2-4-8-12/h2-10,16-17H,11H2,1H3,(H,21,26)/t16-,17+/m1/s1. The van der Waals surface area contributed by atoms with Gasteiger partial charge in [0.15, 0.2) is 12.1 Å². The minimum Gasteiger partial charge on any atom is -0.465 e. The first-order valence-electron chi connectivity index (χ1n) is 9.08. The number of fused-ring (bicyclic) bond motifs is 1. The Bertz CT molecular complexity index is 1050. The molecule has 3 amide bonds. The van der Waals surface area contributed by atoms with Crippen LogP contribution in [0.25, 0.3) is 0 Å². The quantitative estimate of drug-likeness (QED) is 0.591. The Morgan fingerprint density at radius 2 is 1.73 bits per heavy atom. The lowest BCUT2D eigenvalue weighted by Crippen LogP contribution is -2.43. The molecule has 0 bridgehead atoms. The van der Waals surface area contributed by atoms with Crippen molar-refractivity contribution in [2.24, 2.45) is 10.3 Å². The maximum atomic E-state index is 12.9. The maximum absolute atomic E-state index is 12.9. The molecule has 2 aromatic rings. The van der Waals surface area contributed by atoms with Gasteiger partial charge >= 0.3 is 5.97 Å². The summed E-state index contributed by atoms with van der Waals surface area (Å²) >= 11 is 0. The average molecular weight is 407 g/mol. The Balaban J connectivity index is 1.49. The van der Waals surface area contributed by atoms with Crippen molar-refractivity contribution in [3.8, 4) is 0 Å². The average Bonchev–Trinajstić information content (AvgIpc) is 3.28. The predicted octanol–water partition coefficient (Wildman–Crippen LogP) is 1.41. The molecule has 0 saturated carbocycles. The largest absolute Gasteiger partial charge is 0.465 e. The molecule has 0 aliphatic carbocycles. The van der Waals surface area contributed by atoms with Gasteiger partial charge in [0.1, 0.15) is 6.54 Å². The highest BCUT2D eigenvalue weighted by Crippen LogP contribution is 2.31. The number of nitrogens with one attached hydrogen (secondary N) is 1. The molecule has 0 spiro atoms. The second kappa shape index (κ2) is 7.74. The Kier molecular flexibility index (Phi) is 4.97. The first-order valence-corrected chi connectivity index (χ1v) is 9.08. The monoisotopic (exact) mass is 407 g/mol. The molecule has 1 fully saturated rings. The maximum Gasteiger partial charge on any atom is 0.339 e. The fourth-order valence-corrected chi connectivity index (χ4v) is 3.40. The van der Waals surface area contributed by atoms with E-state index in [-0.39, 0.29) is 17.8 Å². The van der Waals surface area contributed by atoms with Gasteiger partial charge in [-0.15, -0.1) is 0 Å². The number of rotatable bonds is 5. The number of methoxy groups -OCH3 is 1. The van der Waals surface area contributed by atoms with E-state index >= 15 is 0 Å². The number of hydrogen-bond acceptors (Lipinski definition) is 8. The summed E-state index contributed by atoms with van der Waals surface area (Å²) in [5.41, 5.74) is 0.895. The molecule has 4 rings (SSSR count). The highest BCUT2D eigenvalue weighted by atomic mass is 16.5. The van der Waals surface area contributed by atoms with Crippen LogP contribution in [0, 0.1) is 0 Å². The summed E-state index contributed by atoms with van der Waals surface area (Å²) in [5.74, 6) is -2.10. The van der Waals surface area contributed by atoms with Crippen molar-refractivity contribution >= 4 is 35.1 Å². The van der Waals surface area contributed by atoms with E-state index in [1.165, 1.54) is 18.2 Å². The van der Waals surface area contributed by atoms with Crippen LogP contribution in [0.5, 0.6) is 0 Å². The topological polar surface area (TPSA) is 121 Å². The molecule has 10 nitrogen and oxygen atoms in total. The number of ether oxygens (including phenoxy) is 1. The van der Waals surface area contributed by atoms with Crippen LogP contribution in [0.4, 0.5) is 11.4 Å². The van der Waals surface area contributed by atoms with Gasteiger partial charge in [0.25, 0.3) is 11.8 Å². The van der Waals surface area contributed by atoms with Gasteiger partial charge in [-0.3, -0.25) is 19.4 Å². The van der Waals surface area contributed by atoms with Gasteiger partial charge in [-0.2, -0.15) is 5.11 Å². The van der Waals surface area contributed by atoms with Gasteiger partial charge in [0, 0.05) is 0 Å². The number of hydrogen-bond donors (Lipinski definition) is 1. The van der Waals surface area contributed by atoms with Crippen LogP contribution >= 0.6 is 0 Å². The van der Waals surface area contributed by atoms with Crippen LogP contribution in [-0.4, -0.2) is 54.4 Å². The second-order valence-corrected chi connectivity index (χ2v) is 6.62. The van der Waals surface area contributed by atoms with E-state index in [4.69, 9.17) is 4.74 Å². The van der Waals surface area contributed by atoms with E-state index < -0.39 is 35.8 Å². The summed E-state index contributed by atoms with van der Waals surface area (Å²) in [5, 5.41) is 11.5. The number of benzene rings is 2. The van der Waals surface area contributed by atoms with E-state index in [9.17, 15) is 19.2 Å². The van der Waals surface area contributed by atoms with E-state index in [2.05, 4.69) is 15.7 Å². The smallest absolute Gasteiger partial charge is 0.339 e. The summed E-state index contributed by atoms with van der Waals surface area (Å²) in [6.45, 7) is -0.318. The number of carbonyl (C=O) groups is 4. The Morgan fingerprint density at radius 1 is 1.03 bits per heavy atom. The molecule has 30 heavy (non-hydrogen) atoms. The Labute approximate surface area is 171 Å². The zero-order valence-electron chi connectivity index (χ0n) is 15.9. The zero-order valence-corrected chi connectivity index (χ0v) is 15.9. The first-order chi connectivity index (χ1) is 14.5. The lowest BCUT2D eigenvalue weighted by atomic mass is 10.1. The van der Waals surface area contributed by atoms with E-state index in [1.54, 1.807) is 48.5 Å². The normalized spacial score (nSPS) is 19.8. The molecule has 0 unspecified atom stereocenters. The van der Waals surface area contributed by atoms with Crippen molar-refractivity contribution in [2.75, 3.05) is 23.9 Å². The fraction of sp³-hybridized carbons (Fsp3) is 0.200. The molecule has 10 heteroatoms. The van der Waals surface area contributed by atoms with Crippen LogP contribution in [0.3, 0.4) is 0 Å². The van der Waals surface area contributed by atoms with Gasteiger partial charge in [0.2, 0.25) is 5.91 Å². The number of anilines is 2. The van der Waals surface area contributed by atoms with Crippen LogP contribution in [0.2, 0.25) is 0 Å². The number of nitrogens with zero attached hydrogens (tertiary/aromatic N) is 4. The number of imide groups is 1. The number of carbonyl (C=O) groups excluding carboxylic acids is 4. The lowest BCUT2D eigenvalue weighted by Gasteiger charge is -2.20. The third-order valence-corrected chi connectivity index (χ3v) is 4.78. The van der Waals surface area contributed by atoms with E-state index in [0.717, 1.165) is 4.90 Å². The van der Waals surface area contributed by atoms with Gasteiger partial charge < -0.3 is 10.1 Å². The van der Waals surface area contributed by atoms with Crippen LogP contribution in [-0.2, 0) is 19.1 Å². The zero-order chi connectivity index (χ0) is 21.3. The van der Waals surface area contributed by atoms with Gasteiger partial charge in [-0.1, -0.05) is 35.6 Å². The SMILES string of the molecule is COC(=O)c1ccccc1NC(=O)CN1N=N[C@H]2C(=O)N(c3ccccc3)C(=O)[C@H]21. The van der Waals surface area contributed by atoms with Crippen molar-refractivity contribution in [3.63, 3.8) is 0 Å². The second-order valence-electron chi connectivity index (χ2n) is 6.62. The summed E-state index contributed by atoms with van der Waals surface area (Å²) in [6.07, 6.45) is 0. The van der Waals surface area contributed by atoms with Crippen LogP contribution in [0.15, 0.2) is 64.9 Å². The summed E-state index contributed by atoms with van der Waals surface area (Å²) in [4.78, 5) is 51.0. The lowest BCUT2D eigenvalue weighted by molar-refractivity contribution is -0.123. The van der Waals surface area contributed by atoms with Crippen molar-refractivity contribution < 1.29 is 23.9 Å². The minimum absolute atomic E-state index is 0.191. The highest BCUT2D eigenvalue weighted by molar-refractivity contribution is 6.25. The number of para-hydroxylation sites is 2. The highest BCUT2D eigenvalue weighted by Gasteiger charge is 2.55. The molecule has 0 aromatic heterocycles. The number of esters is 1. The molecular formula is C20H17N5O5. The Morgan fingerprint density at radius 3 is 2.47 bits per heavy atom. The third-order valence-electron chi connectivity index (χ3n) is 4.78. The van der Waals surface area contributed by atoms with Crippen molar-refractivity contribution in [1.82, 2.24) is 5.01 Å². The predicted molar refractivity (Wildman–Crippen MR) is 104 cm³/mol. The fourth-order valence-electron chi connectivity index (χ4n) is 3.40. The molecular weight excluding hydrogens is 390 g/mol. The molecule has 2 heterocycles. The van der Waals surface area contributed by atoms with Crippen molar-refractivity contribution in [2.45, 2.75) is 12.1 Å². The van der Waals surface area contributed by atoms with Crippen molar-refractivity contribution in [1.29, 1.82) is 0 Å². The Hall–Kier alpha value is -4.08. The van der Waals surface area contributed by atoms with Gasteiger partial charge in [-0.25, -0.2) is 9.69 Å². The first kappa shape index (κ1) is 19.2. The molecule has 1 saturated heterocycles. The number of amides is 3. The molecule has 0 radical (unpaired) electrons. The van der Waals surface area contributed by atoms with E-state index in [0.29, 0.717) is 5.69 Å². The third kappa shape index (κ3) is 3.28.